The quantitative estimate of drug-likeness (QED) is 0.699. The Kier molecular flexibility index (Phi) is 6.27. The number of rotatable bonds is 6. The van der Waals surface area contributed by atoms with Crippen LogP contribution < -0.4 is 9.47 Å². The van der Waals surface area contributed by atoms with Gasteiger partial charge in [-0.05, 0) is 50.1 Å². The van der Waals surface area contributed by atoms with Crippen LogP contribution in [-0.4, -0.2) is 48.5 Å². The summed E-state index contributed by atoms with van der Waals surface area (Å²) in [6, 6.07) is 6.55. The van der Waals surface area contributed by atoms with Gasteiger partial charge in [-0.25, -0.2) is 13.4 Å². The van der Waals surface area contributed by atoms with E-state index in [4.69, 9.17) is 9.47 Å². The number of hydrogen-bond donors (Lipinski definition) is 0. The van der Waals surface area contributed by atoms with Crippen LogP contribution >= 0.6 is 0 Å². The highest BCUT2D eigenvalue weighted by Crippen LogP contribution is 2.29. The van der Waals surface area contributed by atoms with Crippen molar-refractivity contribution >= 4 is 10.0 Å². The van der Waals surface area contributed by atoms with Gasteiger partial charge in [-0.3, -0.25) is 0 Å². The monoisotopic (exact) mass is 431 g/mol. The molecule has 1 aliphatic rings. The maximum Gasteiger partial charge on any atom is 0.433 e. The van der Waals surface area contributed by atoms with Crippen molar-refractivity contribution in [2.24, 2.45) is 0 Å². The molecule has 1 aromatic heterocycles. The highest BCUT2D eigenvalue weighted by molar-refractivity contribution is 7.89. The summed E-state index contributed by atoms with van der Waals surface area (Å²) in [5.41, 5.74) is -1.09. The number of nitrogens with zero attached hydrogens (tertiary/aromatic N) is 3. The van der Waals surface area contributed by atoms with Crippen LogP contribution in [0.4, 0.5) is 13.2 Å². The molecule has 11 heteroatoms. The van der Waals surface area contributed by atoms with E-state index in [0.29, 0.717) is 25.2 Å². The van der Waals surface area contributed by atoms with Crippen molar-refractivity contribution in [2.45, 2.75) is 36.9 Å². The molecule has 0 saturated carbocycles. The summed E-state index contributed by atoms with van der Waals surface area (Å²) in [7, 11) is -3.67. The lowest BCUT2D eigenvalue weighted by Crippen LogP contribution is -2.41. The molecule has 0 aliphatic carbocycles. The highest BCUT2D eigenvalue weighted by atomic mass is 32.2. The minimum atomic E-state index is -4.59. The first-order valence-corrected chi connectivity index (χ1v) is 10.4. The van der Waals surface area contributed by atoms with E-state index in [2.05, 4.69) is 9.97 Å². The van der Waals surface area contributed by atoms with Gasteiger partial charge in [0.1, 0.15) is 11.9 Å². The van der Waals surface area contributed by atoms with Crippen molar-refractivity contribution in [1.29, 1.82) is 0 Å². The minimum absolute atomic E-state index is 0.154. The molecule has 7 nitrogen and oxygen atoms in total. The van der Waals surface area contributed by atoms with Gasteiger partial charge in [-0.15, -0.1) is 0 Å². The molecule has 0 bridgehead atoms. The molecule has 1 aromatic carbocycles. The zero-order chi connectivity index (χ0) is 21.1. The molecule has 1 aliphatic heterocycles. The zero-order valence-corrected chi connectivity index (χ0v) is 16.4. The maximum absolute atomic E-state index is 12.8. The number of benzene rings is 1. The third-order valence-electron chi connectivity index (χ3n) is 4.37. The predicted molar refractivity (Wildman–Crippen MR) is 97.1 cm³/mol. The van der Waals surface area contributed by atoms with Gasteiger partial charge in [0.05, 0.1) is 11.5 Å². The molecule has 29 heavy (non-hydrogen) atoms. The van der Waals surface area contributed by atoms with E-state index in [-0.39, 0.29) is 24.0 Å². The number of ether oxygens (including phenoxy) is 2. The summed E-state index contributed by atoms with van der Waals surface area (Å²) >= 11 is 0. The summed E-state index contributed by atoms with van der Waals surface area (Å²) < 4.78 is 75.8. The normalized spacial score (nSPS) is 16.6. The lowest BCUT2D eigenvalue weighted by Gasteiger charge is -2.31. The Hall–Kier alpha value is -2.40. The molecule has 2 heterocycles. The number of hydrogen-bond acceptors (Lipinski definition) is 6. The summed E-state index contributed by atoms with van der Waals surface area (Å²) in [6.45, 7) is 2.68. The first-order valence-electron chi connectivity index (χ1n) is 9.00. The molecule has 0 atom stereocenters. The van der Waals surface area contributed by atoms with Crippen LogP contribution in [0.5, 0.6) is 11.8 Å². The average Bonchev–Trinajstić information content (AvgIpc) is 2.69. The number of aromatic nitrogens is 2. The van der Waals surface area contributed by atoms with Gasteiger partial charge in [0.15, 0.2) is 5.69 Å². The van der Waals surface area contributed by atoms with Crippen LogP contribution in [0.25, 0.3) is 0 Å². The smallest absolute Gasteiger partial charge is 0.433 e. The number of sulfonamides is 1. The van der Waals surface area contributed by atoms with E-state index in [1.807, 2.05) is 6.92 Å². The van der Waals surface area contributed by atoms with E-state index in [1.165, 1.54) is 16.4 Å². The van der Waals surface area contributed by atoms with Crippen molar-refractivity contribution in [2.75, 3.05) is 19.7 Å². The van der Waals surface area contributed by atoms with E-state index in [1.54, 1.807) is 12.1 Å². The van der Waals surface area contributed by atoms with Crippen LogP contribution in [0.2, 0.25) is 0 Å². The maximum atomic E-state index is 12.8. The first-order chi connectivity index (χ1) is 13.7. The third kappa shape index (κ3) is 5.15. The van der Waals surface area contributed by atoms with Crippen molar-refractivity contribution < 1.29 is 31.1 Å². The summed E-state index contributed by atoms with van der Waals surface area (Å²) in [5, 5.41) is 0. The van der Waals surface area contributed by atoms with Crippen LogP contribution in [0.15, 0.2) is 41.4 Å². The van der Waals surface area contributed by atoms with Gasteiger partial charge in [0.25, 0.3) is 0 Å². The molecule has 158 valence electrons. The lowest BCUT2D eigenvalue weighted by atomic mass is 10.1. The zero-order valence-electron chi connectivity index (χ0n) is 15.6. The molecule has 3 rings (SSSR count). The van der Waals surface area contributed by atoms with Crippen molar-refractivity contribution in [3.8, 4) is 11.8 Å². The molecule has 0 amide bonds. The van der Waals surface area contributed by atoms with Crippen LogP contribution in [0.1, 0.15) is 25.5 Å². The van der Waals surface area contributed by atoms with E-state index in [9.17, 15) is 21.6 Å². The van der Waals surface area contributed by atoms with Crippen molar-refractivity contribution in [3.63, 3.8) is 0 Å². The molecule has 2 aromatic rings. The Balaban J connectivity index is 1.61. The van der Waals surface area contributed by atoms with Gasteiger partial charge in [0.2, 0.25) is 10.0 Å². The number of piperidine rings is 1. The molecule has 0 N–H and O–H groups in total. The molecule has 0 unspecified atom stereocenters. The molecule has 1 fully saturated rings. The Bertz CT molecular complexity index is 928. The van der Waals surface area contributed by atoms with Crippen molar-refractivity contribution in [1.82, 2.24) is 14.3 Å². The van der Waals surface area contributed by atoms with Crippen molar-refractivity contribution in [3.05, 3.63) is 42.2 Å². The lowest BCUT2D eigenvalue weighted by molar-refractivity contribution is -0.141. The second-order valence-corrected chi connectivity index (χ2v) is 8.29. The SMILES string of the molecule is CCOc1ccc(S(=O)(=O)N2CCC(Oc3nccc(C(F)(F)F)n3)CC2)cc1. The highest BCUT2D eigenvalue weighted by Gasteiger charge is 2.34. The van der Waals surface area contributed by atoms with Gasteiger partial charge < -0.3 is 9.47 Å². The summed E-state index contributed by atoms with van der Waals surface area (Å²) in [6.07, 6.45) is -3.44. The topological polar surface area (TPSA) is 81.6 Å². The van der Waals surface area contributed by atoms with Gasteiger partial charge >= 0.3 is 12.2 Å². The fourth-order valence-corrected chi connectivity index (χ4v) is 4.39. The standard InChI is InChI=1S/C18H20F3N3O4S/c1-2-27-13-3-5-15(6-4-13)29(25,26)24-11-8-14(9-12-24)28-17-22-10-7-16(23-17)18(19,20)21/h3-7,10,14H,2,8-9,11-12H2,1H3. The molecule has 1 saturated heterocycles. The third-order valence-corrected chi connectivity index (χ3v) is 6.28. The fraction of sp³-hybridized carbons (Fsp3) is 0.444. The average molecular weight is 431 g/mol. The molecule has 0 radical (unpaired) electrons. The van der Waals surface area contributed by atoms with Gasteiger partial charge in [0, 0.05) is 19.3 Å². The number of alkyl halides is 3. The first kappa shape index (κ1) is 21.3. The second-order valence-electron chi connectivity index (χ2n) is 6.35. The van der Waals surface area contributed by atoms with Gasteiger partial charge in [-0.2, -0.15) is 22.5 Å². The number of halogens is 3. The Morgan fingerprint density at radius 2 is 1.79 bits per heavy atom. The fourth-order valence-electron chi connectivity index (χ4n) is 2.92. The van der Waals surface area contributed by atoms with E-state index < -0.39 is 28.0 Å². The Morgan fingerprint density at radius 3 is 2.38 bits per heavy atom. The van der Waals surface area contributed by atoms with E-state index in [0.717, 1.165) is 12.3 Å². The largest absolute Gasteiger partial charge is 0.494 e. The second kappa shape index (κ2) is 8.54. The summed E-state index contributed by atoms with van der Waals surface area (Å²) in [4.78, 5) is 7.24. The predicted octanol–water partition coefficient (Wildman–Crippen LogP) is 3.13. The van der Waals surface area contributed by atoms with Gasteiger partial charge in [-0.1, -0.05) is 0 Å². The van der Waals surface area contributed by atoms with Crippen LogP contribution in [0, 0.1) is 0 Å². The molecule has 0 spiro atoms. The molecular weight excluding hydrogens is 411 g/mol. The summed E-state index contributed by atoms with van der Waals surface area (Å²) in [5.74, 6) is 0.583. The Morgan fingerprint density at radius 1 is 1.14 bits per heavy atom. The van der Waals surface area contributed by atoms with E-state index >= 15 is 0 Å². The molecular formula is C18H20F3N3O4S. The Labute approximate surface area is 166 Å². The minimum Gasteiger partial charge on any atom is -0.494 e. The van der Waals surface area contributed by atoms with Crippen LogP contribution in [0.3, 0.4) is 0 Å². The van der Waals surface area contributed by atoms with Crippen LogP contribution in [-0.2, 0) is 16.2 Å².